The van der Waals surface area contributed by atoms with Crippen molar-refractivity contribution in [3.05, 3.63) is 23.7 Å². The Morgan fingerprint density at radius 2 is 2.00 bits per heavy atom. The third-order valence-corrected chi connectivity index (χ3v) is 3.84. The number of nitrogens with one attached hydrogen (secondary N) is 1. The first kappa shape index (κ1) is 9.46. The number of aryl methyl sites for hydroxylation is 1. The highest BCUT2D eigenvalue weighted by Gasteiger charge is 2.25. The van der Waals surface area contributed by atoms with Crippen LogP contribution in [-0.2, 0) is 6.42 Å². The van der Waals surface area contributed by atoms with Gasteiger partial charge in [-0.3, -0.25) is 0 Å². The van der Waals surface area contributed by atoms with Gasteiger partial charge in [0.25, 0.3) is 0 Å². The zero-order chi connectivity index (χ0) is 10.1. The van der Waals surface area contributed by atoms with Crippen molar-refractivity contribution < 1.29 is 4.42 Å². The fourth-order valence-corrected chi connectivity index (χ4v) is 3.04. The molecule has 0 saturated heterocycles. The summed E-state index contributed by atoms with van der Waals surface area (Å²) in [5.41, 5.74) is 1.42. The maximum absolute atomic E-state index is 5.51. The monoisotopic (exact) mass is 205 g/mol. The fourth-order valence-electron chi connectivity index (χ4n) is 3.04. The Hall–Kier alpha value is -0.760. The van der Waals surface area contributed by atoms with Crippen LogP contribution in [0.2, 0.25) is 0 Å². The molecule has 2 heteroatoms. The van der Waals surface area contributed by atoms with E-state index in [0.717, 1.165) is 12.5 Å². The molecular weight excluding hydrogens is 186 g/mol. The van der Waals surface area contributed by atoms with Crippen LogP contribution in [0.1, 0.15) is 55.9 Å². The maximum atomic E-state index is 5.51. The van der Waals surface area contributed by atoms with Gasteiger partial charge in [-0.15, -0.1) is 0 Å². The van der Waals surface area contributed by atoms with Crippen molar-refractivity contribution in [1.29, 1.82) is 0 Å². The number of fused-ring (bicyclic) bond motifs is 1. The molecule has 2 aliphatic carbocycles. The quantitative estimate of drug-likeness (QED) is 0.802. The first-order valence-electron chi connectivity index (χ1n) is 6.26. The molecule has 0 spiro atoms. The SMILES string of the molecule is c1cc2c(o1)CCC[C@@H]2NC1CCCC1. The molecular formula is C13H19NO. The lowest BCUT2D eigenvalue weighted by molar-refractivity contribution is 0.374. The summed E-state index contributed by atoms with van der Waals surface area (Å²) < 4.78 is 5.51. The Morgan fingerprint density at radius 3 is 2.87 bits per heavy atom. The van der Waals surface area contributed by atoms with Gasteiger partial charge in [0, 0.05) is 24.1 Å². The van der Waals surface area contributed by atoms with Crippen molar-refractivity contribution in [2.75, 3.05) is 0 Å². The molecule has 82 valence electrons. The average molecular weight is 205 g/mol. The van der Waals surface area contributed by atoms with Gasteiger partial charge in [0.1, 0.15) is 5.76 Å². The summed E-state index contributed by atoms with van der Waals surface area (Å²) in [4.78, 5) is 0. The summed E-state index contributed by atoms with van der Waals surface area (Å²) in [6.07, 6.45) is 11.1. The van der Waals surface area contributed by atoms with E-state index in [4.69, 9.17) is 4.42 Å². The highest BCUT2D eigenvalue weighted by Crippen LogP contribution is 2.32. The van der Waals surface area contributed by atoms with Crippen molar-refractivity contribution in [1.82, 2.24) is 5.32 Å². The van der Waals surface area contributed by atoms with Crippen molar-refractivity contribution >= 4 is 0 Å². The summed E-state index contributed by atoms with van der Waals surface area (Å²) in [5, 5.41) is 3.80. The Kier molecular flexibility index (Phi) is 2.53. The van der Waals surface area contributed by atoms with E-state index in [1.807, 2.05) is 6.26 Å². The van der Waals surface area contributed by atoms with Crippen LogP contribution in [0.4, 0.5) is 0 Å². The van der Waals surface area contributed by atoms with E-state index in [0.29, 0.717) is 6.04 Å². The van der Waals surface area contributed by atoms with Crippen molar-refractivity contribution in [3.8, 4) is 0 Å². The second kappa shape index (κ2) is 4.01. The smallest absolute Gasteiger partial charge is 0.108 e. The second-order valence-electron chi connectivity index (χ2n) is 4.89. The minimum Gasteiger partial charge on any atom is -0.469 e. The van der Waals surface area contributed by atoms with Crippen molar-refractivity contribution in [3.63, 3.8) is 0 Å². The molecule has 1 saturated carbocycles. The Balaban J connectivity index is 1.72. The van der Waals surface area contributed by atoms with Crippen LogP contribution in [-0.4, -0.2) is 6.04 Å². The summed E-state index contributed by atoms with van der Waals surface area (Å²) in [7, 11) is 0. The van der Waals surface area contributed by atoms with Crippen LogP contribution in [0.5, 0.6) is 0 Å². The Labute approximate surface area is 91.0 Å². The highest BCUT2D eigenvalue weighted by atomic mass is 16.3. The molecule has 0 aromatic carbocycles. The van der Waals surface area contributed by atoms with E-state index < -0.39 is 0 Å². The van der Waals surface area contributed by atoms with Crippen LogP contribution in [0.15, 0.2) is 16.7 Å². The molecule has 2 aliphatic rings. The zero-order valence-electron chi connectivity index (χ0n) is 9.17. The van der Waals surface area contributed by atoms with E-state index in [-0.39, 0.29) is 0 Å². The molecule has 0 bridgehead atoms. The summed E-state index contributed by atoms with van der Waals surface area (Å²) in [5.74, 6) is 1.22. The molecule has 1 heterocycles. The van der Waals surface area contributed by atoms with Gasteiger partial charge in [-0.2, -0.15) is 0 Å². The van der Waals surface area contributed by atoms with E-state index in [9.17, 15) is 0 Å². The predicted molar refractivity (Wildman–Crippen MR) is 59.8 cm³/mol. The van der Waals surface area contributed by atoms with Gasteiger partial charge >= 0.3 is 0 Å². The molecule has 1 fully saturated rings. The average Bonchev–Trinajstić information content (AvgIpc) is 2.87. The molecule has 1 N–H and O–H groups in total. The third-order valence-electron chi connectivity index (χ3n) is 3.84. The van der Waals surface area contributed by atoms with Gasteiger partial charge in [-0.1, -0.05) is 12.8 Å². The van der Waals surface area contributed by atoms with E-state index >= 15 is 0 Å². The number of hydrogen-bond acceptors (Lipinski definition) is 2. The van der Waals surface area contributed by atoms with Gasteiger partial charge in [0.15, 0.2) is 0 Å². The zero-order valence-corrected chi connectivity index (χ0v) is 9.17. The van der Waals surface area contributed by atoms with Gasteiger partial charge in [0.2, 0.25) is 0 Å². The van der Waals surface area contributed by atoms with Crippen LogP contribution < -0.4 is 5.32 Å². The lowest BCUT2D eigenvalue weighted by atomic mass is 9.93. The molecule has 2 nitrogen and oxygen atoms in total. The molecule has 0 amide bonds. The molecule has 0 radical (unpaired) electrons. The van der Waals surface area contributed by atoms with Crippen LogP contribution in [0, 0.1) is 0 Å². The minimum atomic E-state index is 0.565. The highest BCUT2D eigenvalue weighted by molar-refractivity contribution is 5.24. The van der Waals surface area contributed by atoms with Crippen molar-refractivity contribution in [2.24, 2.45) is 0 Å². The molecule has 0 unspecified atom stereocenters. The Morgan fingerprint density at radius 1 is 1.13 bits per heavy atom. The predicted octanol–water partition coefficient (Wildman–Crippen LogP) is 3.19. The molecule has 1 atom stereocenters. The lowest BCUT2D eigenvalue weighted by Crippen LogP contribution is -2.32. The Bertz CT molecular complexity index is 325. The first-order valence-corrected chi connectivity index (χ1v) is 6.26. The van der Waals surface area contributed by atoms with Gasteiger partial charge in [-0.05, 0) is 31.7 Å². The fraction of sp³-hybridized carbons (Fsp3) is 0.692. The molecule has 3 rings (SSSR count). The number of rotatable bonds is 2. The number of furan rings is 1. The number of hydrogen-bond donors (Lipinski definition) is 1. The van der Waals surface area contributed by atoms with E-state index in [1.165, 1.54) is 49.8 Å². The molecule has 0 aliphatic heterocycles. The van der Waals surface area contributed by atoms with Gasteiger partial charge in [0.05, 0.1) is 6.26 Å². The topological polar surface area (TPSA) is 25.2 Å². The summed E-state index contributed by atoms with van der Waals surface area (Å²) in [6.45, 7) is 0. The lowest BCUT2D eigenvalue weighted by Gasteiger charge is -2.26. The summed E-state index contributed by atoms with van der Waals surface area (Å²) in [6, 6.07) is 3.48. The van der Waals surface area contributed by atoms with Gasteiger partial charge in [-0.25, -0.2) is 0 Å². The first-order chi connectivity index (χ1) is 7.43. The van der Waals surface area contributed by atoms with Crippen LogP contribution in [0.25, 0.3) is 0 Å². The molecule has 1 aromatic heterocycles. The maximum Gasteiger partial charge on any atom is 0.108 e. The molecule has 1 aromatic rings. The normalized spacial score (nSPS) is 26.8. The molecule has 15 heavy (non-hydrogen) atoms. The minimum absolute atomic E-state index is 0.565. The van der Waals surface area contributed by atoms with E-state index in [1.54, 1.807) is 0 Å². The standard InChI is InChI=1S/C13H19NO/c1-2-5-10(4-1)14-12-6-3-7-13-11(12)8-9-15-13/h8-10,12,14H,1-7H2/t12-/m0/s1. The van der Waals surface area contributed by atoms with Crippen LogP contribution in [0.3, 0.4) is 0 Å². The third kappa shape index (κ3) is 1.83. The summed E-state index contributed by atoms with van der Waals surface area (Å²) >= 11 is 0. The van der Waals surface area contributed by atoms with Crippen LogP contribution >= 0.6 is 0 Å². The van der Waals surface area contributed by atoms with Crippen molar-refractivity contribution in [2.45, 2.75) is 57.0 Å². The largest absolute Gasteiger partial charge is 0.469 e. The van der Waals surface area contributed by atoms with Gasteiger partial charge < -0.3 is 9.73 Å². The van der Waals surface area contributed by atoms with E-state index in [2.05, 4.69) is 11.4 Å². The second-order valence-corrected chi connectivity index (χ2v) is 4.89.